The van der Waals surface area contributed by atoms with E-state index in [1.54, 1.807) is 7.11 Å². The van der Waals surface area contributed by atoms with Crippen LogP contribution in [0.3, 0.4) is 0 Å². The van der Waals surface area contributed by atoms with Gasteiger partial charge in [0.1, 0.15) is 0 Å². The van der Waals surface area contributed by atoms with Gasteiger partial charge in [-0.1, -0.05) is 30.7 Å². The van der Waals surface area contributed by atoms with Crippen LogP contribution in [0.5, 0.6) is 0 Å². The lowest BCUT2D eigenvalue weighted by Crippen LogP contribution is -2.21. The van der Waals surface area contributed by atoms with Crippen LogP contribution in [0.1, 0.15) is 31.4 Å². The lowest BCUT2D eigenvalue weighted by Gasteiger charge is -2.18. The molecule has 0 spiro atoms. The van der Waals surface area contributed by atoms with E-state index in [9.17, 15) is 0 Å². The van der Waals surface area contributed by atoms with Crippen molar-refractivity contribution in [3.63, 3.8) is 0 Å². The topological polar surface area (TPSA) is 21.3 Å². The second-order valence-corrected chi connectivity index (χ2v) is 4.24. The molecule has 0 fully saturated rings. The van der Waals surface area contributed by atoms with Crippen molar-refractivity contribution in [2.75, 3.05) is 20.3 Å². The molecule has 0 aliphatic heterocycles. The molecule has 0 aliphatic rings. The first-order chi connectivity index (χ1) is 7.77. The van der Waals surface area contributed by atoms with Crippen LogP contribution in [0.2, 0.25) is 5.02 Å². The Morgan fingerprint density at radius 2 is 2.25 bits per heavy atom. The highest BCUT2D eigenvalue weighted by Crippen LogP contribution is 2.21. The first-order valence-electron chi connectivity index (χ1n) is 5.75. The van der Waals surface area contributed by atoms with Crippen molar-refractivity contribution in [3.8, 4) is 0 Å². The molecular formula is C13H20ClNO. The smallest absolute Gasteiger partial charge is 0.0462 e. The van der Waals surface area contributed by atoms with Crippen LogP contribution >= 0.6 is 11.6 Å². The maximum atomic E-state index is 6.00. The number of hydrogen-bond donors (Lipinski definition) is 1. The SMILES string of the molecule is CCNC(CCCOC)c1cccc(Cl)c1. The first-order valence-corrected chi connectivity index (χ1v) is 6.13. The first kappa shape index (κ1) is 13.5. The lowest BCUT2D eigenvalue weighted by atomic mass is 10.0. The minimum absolute atomic E-state index is 0.374. The van der Waals surface area contributed by atoms with Gasteiger partial charge in [-0.3, -0.25) is 0 Å². The van der Waals surface area contributed by atoms with E-state index in [0.717, 1.165) is 31.0 Å². The summed E-state index contributed by atoms with van der Waals surface area (Å²) in [6, 6.07) is 8.42. The molecule has 1 rings (SSSR count). The summed E-state index contributed by atoms with van der Waals surface area (Å²) in [6.45, 7) is 3.89. The van der Waals surface area contributed by atoms with Crippen molar-refractivity contribution in [1.82, 2.24) is 5.32 Å². The molecule has 0 aliphatic carbocycles. The number of halogens is 1. The van der Waals surface area contributed by atoms with E-state index in [0.29, 0.717) is 6.04 Å². The number of benzene rings is 1. The van der Waals surface area contributed by atoms with Gasteiger partial charge < -0.3 is 10.1 Å². The summed E-state index contributed by atoms with van der Waals surface area (Å²) in [6.07, 6.45) is 2.13. The highest BCUT2D eigenvalue weighted by molar-refractivity contribution is 6.30. The third kappa shape index (κ3) is 4.52. The van der Waals surface area contributed by atoms with Gasteiger partial charge in [0.2, 0.25) is 0 Å². The van der Waals surface area contributed by atoms with Crippen LogP contribution in [0.25, 0.3) is 0 Å². The molecule has 1 atom stereocenters. The van der Waals surface area contributed by atoms with Gasteiger partial charge >= 0.3 is 0 Å². The normalized spacial score (nSPS) is 12.7. The monoisotopic (exact) mass is 241 g/mol. The number of methoxy groups -OCH3 is 1. The minimum atomic E-state index is 0.374. The highest BCUT2D eigenvalue weighted by atomic mass is 35.5. The fourth-order valence-electron chi connectivity index (χ4n) is 1.79. The van der Waals surface area contributed by atoms with Crippen LogP contribution in [0.15, 0.2) is 24.3 Å². The fourth-order valence-corrected chi connectivity index (χ4v) is 1.99. The summed E-state index contributed by atoms with van der Waals surface area (Å²) in [4.78, 5) is 0. The summed E-state index contributed by atoms with van der Waals surface area (Å²) < 4.78 is 5.08. The Labute approximate surface area is 103 Å². The molecule has 1 aromatic rings. The summed E-state index contributed by atoms with van der Waals surface area (Å²) in [7, 11) is 1.74. The molecule has 1 N–H and O–H groups in total. The third-order valence-corrected chi connectivity index (χ3v) is 2.78. The molecule has 0 amide bonds. The average Bonchev–Trinajstić information content (AvgIpc) is 2.28. The van der Waals surface area contributed by atoms with E-state index in [1.807, 2.05) is 18.2 Å². The maximum absolute atomic E-state index is 6.00. The predicted molar refractivity (Wildman–Crippen MR) is 69.0 cm³/mol. The number of nitrogens with one attached hydrogen (secondary N) is 1. The van der Waals surface area contributed by atoms with Gasteiger partial charge in [0, 0.05) is 24.8 Å². The summed E-state index contributed by atoms with van der Waals surface area (Å²) in [5, 5.41) is 4.27. The molecule has 3 heteroatoms. The van der Waals surface area contributed by atoms with Gasteiger partial charge in [0.05, 0.1) is 0 Å². The van der Waals surface area contributed by atoms with Gasteiger partial charge in [0.15, 0.2) is 0 Å². The standard InChI is InChI=1S/C13H20ClNO/c1-3-15-13(8-5-9-16-2)11-6-4-7-12(14)10-11/h4,6-7,10,13,15H,3,5,8-9H2,1-2H3. The van der Waals surface area contributed by atoms with Gasteiger partial charge in [-0.25, -0.2) is 0 Å². The fraction of sp³-hybridized carbons (Fsp3) is 0.538. The largest absolute Gasteiger partial charge is 0.385 e. The van der Waals surface area contributed by atoms with Crippen molar-refractivity contribution in [2.24, 2.45) is 0 Å². The van der Waals surface area contributed by atoms with E-state index >= 15 is 0 Å². The zero-order valence-corrected chi connectivity index (χ0v) is 10.8. The molecule has 90 valence electrons. The Morgan fingerprint density at radius 1 is 1.44 bits per heavy atom. The van der Waals surface area contributed by atoms with Crippen LogP contribution in [0.4, 0.5) is 0 Å². The van der Waals surface area contributed by atoms with E-state index in [2.05, 4.69) is 18.3 Å². The molecule has 0 radical (unpaired) electrons. The van der Waals surface area contributed by atoms with Crippen molar-refractivity contribution in [1.29, 1.82) is 0 Å². The Bertz CT molecular complexity index is 304. The Hall–Kier alpha value is -0.570. The van der Waals surface area contributed by atoms with Crippen molar-refractivity contribution in [3.05, 3.63) is 34.9 Å². The molecule has 0 aromatic heterocycles. The van der Waals surface area contributed by atoms with Gasteiger partial charge in [0.25, 0.3) is 0 Å². The summed E-state index contributed by atoms with van der Waals surface area (Å²) in [5.74, 6) is 0. The zero-order valence-electron chi connectivity index (χ0n) is 10.0. The maximum Gasteiger partial charge on any atom is 0.0462 e. The van der Waals surface area contributed by atoms with Crippen LogP contribution in [-0.4, -0.2) is 20.3 Å². The molecule has 0 bridgehead atoms. The Balaban J connectivity index is 2.61. The molecule has 1 unspecified atom stereocenters. The zero-order chi connectivity index (χ0) is 11.8. The quantitative estimate of drug-likeness (QED) is 0.739. The summed E-state index contributed by atoms with van der Waals surface area (Å²) in [5.41, 5.74) is 1.26. The molecule has 16 heavy (non-hydrogen) atoms. The Morgan fingerprint density at radius 3 is 2.88 bits per heavy atom. The van der Waals surface area contributed by atoms with Crippen LogP contribution in [-0.2, 0) is 4.74 Å². The van der Waals surface area contributed by atoms with E-state index in [1.165, 1.54) is 5.56 Å². The molecule has 0 saturated carbocycles. The number of hydrogen-bond acceptors (Lipinski definition) is 2. The van der Waals surface area contributed by atoms with E-state index in [4.69, 9.17) is 16.3 Å². The summed E-state index contributed by atoms with van der Waals surface area (Å²) >= 11 is 6.00. The second-order valence-electron chi connectivity index (χ2n) is 3.80. The van der Waals surface area contributed by atoms with Crippen LogP contribution in [0, 0.1) is 0 Å². The molecular weight excluding hydrogens is 222 g/mol. The molecule has 2 nitrogen and oxygen atoms in total. The van der Waals surface area contributed by atoms with E-state index in [-0.39, 0.29) is 0 Å². The van der Waals surface area contributed by atoms with Crippen molar-refractivity contribution in [2.45, 2.75) is 25.8 Å². The number of rotatable bonds is 7. The molecule has 0 saturated heterocycles. The van der Waals surface area contributed by atoms with Gasteiger partial charge in [-0.15, -0.1) is 0 Å². The molecule has 1 aromatic carbocycles. The lowest BCUT2D eigenvalue weighted by molar-refractivity contribution is 0.189. The third-order valence-electron chi connectivity index (χ3n) is 2.54. The van der Waals surface area contributed by atoms with Crippen molar-refractivity contribution < 1.29 is 4.74 Å². The number of ether oxygens (including phenoxy) is 1. The Kier molecular flexibility index (Phi) is 6.46. The molecule has 0 heterocycles. The predicted octanol–water partition coefficient (Wildman–Crippen LogP) is 3.42. The minimum Gasteiger partial charge on any atom is -0.385 e. The highest BCUT2D eigenvalue weighted by Gasteiger charge is 2.09. The average molecular weight is 242 g/mol. The van der Waals surface area contributed by atoms with Gasteiger partial charge in [-0.05, 0) is 37.1 Å². The second kappa shape index (κ2) is 7.66. The van der Waals surface area contributed by atoms with Crippen molar-refractivity contribution >= 4 is 11.6 Å². The van der Waals surface area contributed by atoms with Gasteiger partial charge in [-0.2, -0.15) is 0 Å². The van der Waals surface area contributed by atoms with Crippen LogP contribution < -0.4 is 5.32 Å². The van der Waals surface area contributed by atoms with E-state index < -0.39 is 0 Å².